The Balaban J connectivity index is 1.83. The van der Waals surface area contributed by atoms with Crippen molar-refractivity contribution < 1.29 is 9.53 Å². The molecule has 0 spiro atoms. The molecule has 0 heterocycles. The Hall–Kier alpha value is -1.05. The number of rotatable bonds is 1. The van der Waals surface area contributed by atoms with E-state index >= 15 is 0 Å². The van der Waals surface area contributed by atoms with Gasteiger partial charge in [0, 0.05) is 12.0 Å². The van der Waals surface area contributed by atoms with E-state index in [1.807, 2.05) is 0 Å². The third-order valence-corrected chi connectivity index (χ3v) is 4.23. The number of ether oxygens (including phenoxy) is 1. The van der Waals surface area contributed by atoms with Gasteiger partial charge in [0.25, 0.3) is 0 Å². The number of esters is 1. The first-order valence-electron chi connectivity index (χ1n) is 5.78. The highest BCUT2D eigenvalue weighted by Crippen LogP contribution is 2.53. The lowest BCUT2D eigenvalue weighted by atomic mass is 9.82. The maximum Gasteiger partial charge on any atom is 0.333 e. The van der Waals surface area contributed by atoms with Crippen molar-refractivity contribution >= 4 is 5.97 Å². The summed E-state index contributed by atoms with van der Waals surface area (Å²) in [5, 5.41) is 0. The van der Waals surface area contributed by atoms with Crippen LogP contribution in [0.25, 0.3) is 0 Å². The van der Waals surface area contributed by atoms with Gasteiger partial charge in [0.15, 0.2) is 0 Å². The average Bonchev–Trinajstić information content (AvgIpc) is 2.88. The summed E-state index contributed by atoms with van der Waals surface area (Å²) in [5.41, 5.74) is 4.11. The van der Waals surface area contributed by atoms with Gasteiger partial charge >= 0.3 is 5.97 Å². The minimum Gasteiger partial charge on any atom is -0.466 e. The second kappa shape index (κ2) is 3.22. The molecular weight excluding hydrogens is 188 g/mol. The molecule has 3 aliphatic carbocycles. The first-order chi connectivity index (χ1) is 7.29. The second-order valence-electron chi connectivity index (χ2n) is 4.86. The van der Waals surface area contributed by atoms with Crippen LogP contribution in [0.4, 0.5) is 0 Å². The Morgan fingerprint density at radius 1 is 1.33 bits per heavy atom. The zero-order valence-electron chi connectivity index (χ0n) is 9.08. The summed E-state index contributed by atoms with van der Waals surface area (Å²) in [6, 6.07) is 0. The lowest BCUT2D eigenvalue weighted by Crippen LogP contribution is -2.13. The first kappa shape index (κ1) is 9.20. The standard InChI is InChI=1S/C13H16O2/c1-15-13(14)10-4-5-11-8-2-3-9(6-8)12(11)7-10/h4,8-9H,2-3,5-7H2,1H3/t8-,9+/m1/s1. The molecular formula is C13H16O2. The van der Waals surface area contributed by atoms with E-state index in [4.69, 9.17) is 4.74 Å². The Bertz CT molecular complexity index is 376. The van der Waals surface area contributed by atoms with E-state index in [0.717, 1.165) is 30.3 Å². The molecule has 2 heteroatoms. The minimum atomic E-state index is -0.135. The molecule has 2 bridgehead atoms. The Labute approximate surface area is 90.0 Å². The number of hydrogen-bond donors (Lipinski definition) is 0. The molecule has 0 saturated heterocycles. The van der Waals surface area contributed by atoms with Crippen molar-refractivity contribution in [1.29, 1.82) is 0 Å². The molecule has 2 atom stereocenters. The third kappa shape index (κ3) is 1.27. The van der Waals surface area contributed by atoms with Gasteiger partial charge in [-0.2, -0.15) is 0 Å². The fraction of sp³-hybridized carbons (Fsp3) is 0.615. The fourth-order valence-corrected chi connectivity index (χ4v) is 3.49. The third-order valence-electron chi connectivity index (χ3n) is 4.23. The molecule has 80 valence electrons. The van der Waals surface area contributed by atoms with Gasteiger partial charge in [0.05, 0.1) is 7.11 Å². The lowest BCUT2D eigenvalue weighted by Gasteiger charge is -2.23. The molecule has 0 aromatic rings. The summed E-state index contributed by atoms with van der Waals surface area (Å²) < 4.78 is 4.79. The zero-order chi connectivity index (χ0) is 10.4. The van der Waals surface area contributed by atoms with E-state index in [9.17, 15) is 4.79 Å². The smallest absolute Gasteiger partial charge is 0.333 e. The molecule has 2 nitrogen and oxygen atoms in total. The highest BCUT2D eigenvalue weighted by atomic mass is 16.5. The van der Waals surface area contributed by atoms with Crippen LogP contribution in [0.2, 0.25) is 0 Å². The molecule has 1 fully saturated rings. The number of hydrogen-bond acceptors (Lipinski definition) is 2. The number of carbonyl (C=O) groups excluding carboxylic acids is 1. The van der Waals surface area contributed by atoms with Crippen LogP contribution in [0, 0.1) is 11.8 Å². The highest BCUT2D eigenvalue weighted by molar-refractivity contribution is 5.89. The van der Waals surface area contributed by atoms with Gasteiger partial charge in [-0.05, 0) is 37.5 Å². The molecule has 0 amide bonds. The number of fused-ring (bicyclic) bond motifs is 4. The van der Waals surface area contributed by atoms with Crippen LogP contribution < -0.4 is 0 Å². The van der Waals surface area contributed by atoms with E-state index in [0.29, 0.717) is 0 Å². The van der Waals surface area contributed by atoms with E-state index in [1.54, 1.807) is 11.1 Å². The molecule has 0 unspecified atom stereocenters. The van der Waals surface area contributed by atoms with Gasteiger partial charge in [-0.15, -0.1) is 0 Å². The molecule has 0 aliphatic heterocycles. The second-order valence-corrected chi connectivity index (χ2v) is 4.86. The molecule has 0 radical (unpaired) electrons. The van der Waals surface area contributed by atoms with Crippen LogP contribution in [0.15, 0.2) is 22.8 Å². The predicted octanol–water partition coefficient (Wildman–Crippen LogP) is 2.61. The molecule has 3 rings (SSSR count). The van der Waals surface area contributed by atoms with Gasteiger partial charge in [0.1, 0.15) is 0 Å². The summed E-state index contributed by atoms with van der Waals surface area (Å²) in [5.74, 6) is 1.50. The summed E-state index contributed by atoms with van der Waals surface area (Å²) in [4.78, 5) is 11.4. The van der Waals surface area contributed by atoms with Gasteiger partial charge < -0.3 is 4.74 Å². The maximum atomic E-state index is 11.4. The Kier molecular flexibility index (Phi) is 1.98. The lowest BCUT2D eigenvalue weighted by molar-refractivity contribution is -0.136. The molecule has 15 heavy (non-hydrogen) atoms. The maximum absolute atomic E-state index is 11.4. The van der Waals surface area contributed by atoms with Crippen LogP contribution in [-0.4, -0.2) is 13.1 Å². The van der Waals surface area contributed by atoms with Gasteiger partial charge in [0.2, 0.25) is 0 Å². The van der Waals surface area contributed by atoms with Crippen molar-refractivity contribution in [2.45, 2.75) is 32.1 Å². The van der Waals surface area contributed by atoms with Crippen LogP contribution in [0.3, 0.4) is 0 Å². The molecule has 3 aliphatic rings. The number of methoxy groups -OCH3 is 1. The number of allylic oxidation sites excluding steroid dienone is 3. The van der Waals surface area contributed by atoms with Crippen molar-refractivity contribution in [3.63, 3.8) is 0 Å². The Morgan fingerprint density at radius 3 is 2.80 bits per heavy atom. The van der Waals surface area contributed by atoms with Crippen LogP contribution in [-0.2, 0) is 9.53 Å². The molecule has 0 aromatic carbocycles. The first-order valence-corrected chi connectivity index (χ1v) is 5.78. The van der Waals surface area contributed by atoms with Crippen molar-refractivity contribution in [1.82, 2.24) is 0 Å². The van der Waals surface area contributed by atoms with E-state index in [2.05, 4.69) is 6.08 Å². The van der Waals surface area contributed by atoms with Crippen LogP contribution in [0.1, 0.15) is 32.1 Å². The molecule has 1 saturated carbocycles. The molecule has 0 N–H and O–H groups in total. The van der Waals surface area contributed by atoms with Gasteiger partial charge in [-0.1, -0.05) is 17.2 Å². The highest BCUT2D eigenvalue weighted by Gasteiger charge is 2.40. The van der Waals surface area contributed by atoms with Crippen molar-refractivity contribution in [2.24, 2.45) is 11.8 Å². The summed E-state index contributed by atoms with van der Waals surface area (Å²) >= 11 is 0. The van der Waals surface area contributed by atoms with Gasteiger partial charge in [-0.3, -0.25) is 0 Å². The summed E-state index contributed by atoms with van der Waals surface area (Å²) in [7, 11) is 1.47. The van der Waals surface area contributed by atoms with E-state index < -0.39 is 0 Å². The van der Waals surface area contributed by atoms with Crippen molar-refractivity contribution in [3.05, 3.63) is 22.8 Å². The van der Waals surface area contributed by atoms with Gasteiger partial charge in [-0.25, -0.2) is 4.79 Å². The predicted molar refractivity (Wildman–Crippen MR) is 57.2 cm³/mol. The molecule has 0 aromatic heterocycles. The summed E-state index contributed by atoms with van der Waals surface area (Å²) in [6.45, 7) is 0. The SMILES string of the molecule is COC(=O)C1=CCC2=C(C1)[C@H]1CC[C@@H]2C1. The largest absolute Gasteiger partial charge is 0.466 e. The normalized spacial score (nSPS) is 32.7. The minimum absolute atomic E-state index is 0.135. The van der Waals surface area contributed by atoms with E-state index in [-0.39, 0.29) is 5.97 Å². The van der Waals surface area contributed by atoms with E-state index in [1.165, 1.54) is 26.4 Å². The fourth-order valence-electron chi connectivity index (χ4n) is 3.49. The van der Waals surface area contributed by atoms with Crippen LogP contribution in [0.5, 0.6) is 0 Å². The Morgan fingerprint density at radius 2 is 2.07 bits per heavy atom. The average molecular weight is 204 g/mol. The van der Waals surface area contributed by atoms with Crippen molar-refractivity contribution in [2.75, 3.05) is 7.11 Å². The topological polar surface area (TPSA) is 26.3 Å². The number of carbonyl (C=O) groups is 1. The monoisotopic (exact) mass is 204 g/mol. The van der Waals surface area contributed by atoms with Crippen molar-refractivity contribution in [3.8, 4) is 0 Å². The zero-order valence-corrected chi connectivity index (χ0v) is 9.08. The van der Waals surface area contributed by atoms with Crippen LogP contribution >= 0.6 is 0 Å². The quantitative estimate of drug-likeness (QED) is 0.485. The summed E-state index contributed by atoms with van der Waals surface area (Å²) in [6.07, 6.45) is 8.02.